The Labute approximate surface area is 128 Å². The van der Waals surface area contributed by atoms with Crippen molar-refractivity contribution in [3.63, 3.8) is 0 Å². The van der Waals surface area contributed by atoms with Crippen LogP contribution in [0.3, 0.4) is 0 Å². The molecule has 1 saturated heterocycles. The number of piperidine rings is 1. The fourth-order valence-electron chi connectivity index (χ4n) is 2.86. The zero-order chi connectivity index (χ0) is 15.3. The molecule has 4 nitrogen and oxygen atoms in total. The normalized spacial score (nSPS) is 20.6. The Balaban J connectivity index is 2.26. The molecule has 21 heavy (non-hydrogen) atoms. The number of hydrogen-bond acceptors (Lipinski definition) is 3. The van der Waals surface area contributed by atoms with E-state index in [2.05, 4.69) is 12.2 Å². The highest BCUT2D eigenvalue weighted by Crippen LogP contribution is 2.27. The van der Waals surface area contributed by atoms with Crippen molar-refractivity contribution in [1.82, 2.24) is 9.62 Å². The summed E-state index contributed by atoms with van der Waals surface area (Å²) < 4.78 is 27.6. The minimum atomic E-state index is -3.39. The second kappa shape index (κ2) is 7.38. The SMILES string of the molecule is CCCNCc1ccccc1S(=O)(=O)N1CCCCC1C. The molecule has 5 heteroatoms. The lowest BCUT2D eigenvalue weighted by molar-refractivity contribution is 0.268. The van der Waals surface area contributed by atoms with Crippen LogP contribution >= 0.6 is 0 Å². The molecule has 0 saturated carbocycles. The van der Waals surface area contributed by atoms with Gasteiger partial charge in [-0.3, -0.25) is 0 Å². The standard InChI is InChI=1S/C16H26N2O2S/c1-3-11-17-13-15-9-4-5-10-16(15)21(19,20)18-12-7-6-8-14(18)2/h4-5,9-10,14,17H,3,6-8,11-13H2,1-2H3. The molecule has 0 amide bonds. The molecule has 1 atom stereocenters. The molecule has 0 aromatic heterocycles. The first kappa shape index (κ1) is 16.5. The van der Waals surface area contributed by atoms with Crippen molar-refractivity contribution in [2.75, 3.05) is 13.1 Å². The van der Waals surface area contributed by atoms with Crippen molar-refractivity contribution >= 4 is 10.0 Å². The van der Waals surface area contributed by atoms with E-state index in [4.69, 9.17) is 0 Å². The number of sulfonamides is 1. The third-order valence-corrected chi connectivity index (χ3v) is 6.16. The largest absolute Gasteiger partial charge is 0.313 e. The fraction of sp³-hybridized carbons (Fsp3) is 0.625. The van der Waals surface area contributed by atoms with Gasteiger partial charge in [0, 0.05) is 19.1 Å². The molecule has 1 heterocycles. The van der Waals surface area contributed by atoms with Gasteiger partial charge in [0.1, 0.15) is 0 Å². The van der Waals surface area contributed by atoms with E-state index in [9.17, 15) is 8.42 Å². The summed E-state index contributed by atoms with van der Waals surface area (Å²) in [5, 5.41) is 3.30. The highest BCUT2D eigenvalue weighted by atomic mass is 32.2. The maximum Gasteiger partial charge on any atom is 0.243 e. The van der Waals surface area contributed by atoms with Gasteiger partial charge in [0.25, 0.3) is 0 Å². The van der Waals surface area contributed by atoms with Gasteiger partial charge in [-0.15, -0.1) is 0 Å². The summed E-state index contributed by atoms with van der Waals surface area (Å²) in [6.07, 6.45) is 4.07. The molecule has 1 aromatic rings. The quantitative estimate of drug-likeness (QED) is 0.822. The fourth-order valence-corrected chi connectivity index (χ4v) is 4.78. The van der Waals surface area contributed by atoms with E-state index in [1.54, 1.807) is 10.4 Å². The summed E-state index contributed by atoms with van der Waals surface area (Å²) >= 11 is 0. The predicted octanol–water partition coefficient (Wildman–Crippen LogP) is 2.75. The highest BCUT2D eigenvalue weighted by molar-refractivity contribution is 7.89. The van der Waals surface area contributed by atoms with Gasteiger partial charge < -0.3 is 5.32 Å². The maximum atomic E-state index is 12.9. The van der Waals surface area contributed by atoms with Crippen LogP contribution in [0.1, 0.15) is 45.1 Å². The van der Waals surface area contributed by atoms with Crippen LogP contribution in [0.4, 0.5) is 0 Å². The number of benzene rings is 1. The van der Waals surface area contributed by atoms with E-state index >= 15 is 0 Å². The molecule has 2 rings (SSSR count). The third kappa shape index (κ3) is 3.84. The van der Waals surface area contributed by atoms with E-state index in [0.717, 1.165) is 37.8 Å². The lowest BCUT2D eigenvalue weighted by Crippen LogP contribution is -2.42. The molecule has 0 spiro atoms. The summed E-state index contributed by atoms with van der Waals surface area (Å²) in [5.74, 6) is 0. The number of nitrogens with zero attached hydrogens (tertiary/aromatic N) is 1. The monoisotopic (exact) mass is 310 g/mol. The van der Waals surface area contributed by atoms with E-state index in [0.29, 0.717) is 18.0 Å². The minimum absolute atomic E-state index is 0.0976. The molecule has 0 bridgehead atoms. The summed E-state index contributed by atoms with van der Waals surface area (Å²) in [6, 6.07) is 7.45. The van der Waals surface area contributed by atoms with E-state index in [-0.39, 0.29) is 6.04 Å². The molecular weight excluding hydrogens is 284 g/mol. The Morgan fingerprint density at radius 2 is 2.05 bits per heavy atom. The van der Waals surface area contributed by atoms with Crippen LogP contribution in [0, 0.1) is 0 Å². The van der Waals surface area contributed by atoms with Gasteiger partial charge in [-0.1, -0.05) is 31.5 Å². The van der Waals surface area contributed by atoms with Crippen molar-refractivity contribution in [2.24, 2.45) is 0 Å². The Bertz CT molecular complexity index is 557. The van der Waals surface area contributed by atoms with Crippen molar-refractivity contribution < 1.29 is 8.42 Å². The topological polar surface area (TPSA) is 49.4 Å². The van der Waals surface area contributed by atoms with E-state index in [1.165, 1.54) is 0 Å². The number of rotatable bonds is 6. The van der Waals surface area contributed by atoms with Gasteiger partial charge in [-0.2, -0.15) is 4.31 Å². The van der Waals surface area contributed by atoms with E-state index in [1.807, 2.05) is 25.1 Å². The number of nitrogens with one attached hydrogen (secondary N) is 1. The molecule has 1 N–H and O–H groups in total. The van der Waals surface area contributed by atoms with Crippen LogP contribution < -0.4 is 5.32 Å². The lowest BCUT2D eigenvalue weighted by atomic mass is 10.1. The molecular formula is C16H26N2O2S. The van der Waals surface area contributed by atoms with Crippen molar-refractivity contribution in [3.8, 4) is 0 Å². The van der Waals surface area contributed by atoms with Crippen LogP contribution in [-0.4, -0.2) is 31.9 Å². The van der Waals surface area contributed by atoms with Crippen molar-refractivity contribution in [3.05, 3.63) is 29.8 Å². The van der Waals surface area contributed by atoms with Gasteiger partial charge in [0.2, 0.25) is 10.0 Å². The van der Waals surface area contributed by atoms with Crippen LogP contribution in [0.5, 0.6) is 0 Å². The minimum Gasteiger partial charge on any atom is -0.313 e. The molecule has 1 unspecified atom stereocenters. The Morgan fingerprint density at radius 3 is 2.76 bits per heavy atom. The Hall–Kier alpha value is -0.910. The number of hydrogen-bond donors (Lipinski definition) is 1. The predicted molar refractivity (Wildman–Crippen MR) is 85.6 cm³/mol. The molecule has 1 aliphatic heterocycles. The van der Waals surface area contributed by atoms with Crippen molar-refractivity contribution in [1.29, 1.82) is 0 Å². The third-order valence-electron chi connectivity index (χ3n) is 4.04. The van der Waals surface area contributed by atoms with Gasteiger partial charge in [0.05, 0.1) is 4.90 Å². The first-order valence-electron chi connectivity index (χ1n) is 7.88. The first-order chi connectivity index (χ1) is 10.1. The smallest absolute Gasteiger partial charge is 0.243 e. The summed E-state index contributed by atoms with van der Waals surface area (Å²) in [6.45, 7) is 6.25. The lowest BCUT2D eigenvalue weighted by Gasteiger charge is -2.32. The van der Waals surface area contributed by atoms with E-state index < -0.39 is 10.0 Å². The zero-order valence-corrected chi connectivity index (χ0v) is 13.8. The van der Waals surface area contributed by atoms with Gasteiger partial charge >= 0.3 is 0 Å². The highest BCUT2D eigenvalue weighted by Gasteiger charge is 2.32. The molecule has 1 aliphatic rings. The average molecular weight is 310 g/mol. The van der Waals surface area contributed by atoms with Crippen LogP contribution in [0.2, 0.25) is 0 Å². The molecule has 1 aromatic carbocycles. The Kier molecular flexibility index (Phi) is 5.79. The Morgan fingerprint density at radius 1 is 1.29 bits per heavy atom. The second-order valence-corrected chi connectivity index (χ2v) is 7.60. The molecule has 118 valence electrons. The summed E-state index contributed by atoms with van der Waals surface area (Å²) in [4.78, 5) is 0.461. The van der Waals surface area contributed by atoms with Gasteiger partial charge in [0.15, 0.2) is 0 Å². The molecule has 0 radical (unpaired) electrons. The van der Waals surface area contributed by atoms with Crippen molar-refractivity contribution in [2.45, 2.75) is 57.0 Å². The zero-order valence-electron chi connectivity index (χ0n) is 13.0. The van der Waals surface area contributed by atoms with Crippen LogP contribution in [0.25, 0.3) is 0 Å². The van der Waals surface area contributed by atoms with Gasteiger partial charge in [-0.25, -0.2) is 8.42 Å². The second-order valence-electron chi connectivity index (χ2n) is 5.75. The average Bonchev–Trinajstić information content (AvgIpc) is 2.48. The summed E-state index contributed by atoms with van der Waals surface area (Å²) in [5.41, 5.74) is 0.865. The molecule has 0 aliphatic carbocycles. The summed E-state index contributed by atoms with van der Waals surface area (Å²) in [7, 11) is -3.39. The van der Waals surface area contributed by atoms with Crippen LogP contribution in [-0.2, 0) is 16.6 Å². The van der Waals surface area contributed by atoms with Gasteiger partial charge in [-0.05, 0) is 44.4 Å². The molecule has 1 fully saturated rings. The van der Waals surface area contributed by atoms with Crippen LogP contribution in [0.15, 0.2) is 29.2 Å². The first-order valence-corrected chi connectivity index (χ1v) is 9.32. The maximum absolute atomic E-state index is 12.9.